The lowest BCUT2D eigenvalue weighted by molar-refractivity contribution is -0.0689. The van der Waals surface area contributed by atoms with Crippen LogP contribution in [0.25, 0.3) is 10.9 Å². The van der Waals surface area contributed by atoms with E-state index in [1.807, 2.05) is 38.1 Å². The number of aliphatic hydroxyl groups is 1. The fourth-order valence-electron chi connectivity index (χ4n) is 3.02. The molecule has 22 heavy (non-hydrogen) atoms. The molecule has 5 nitrogen and oxygen atoms in total. The number of carbonyl (C=O) groups excluding carboxylic acids is 2. The highest BCUT2D eigenvalue weighted by Crippen LogP contribution is 2.40. The second kappa shape index (κ2) is 4.95. The first kappa shape index (κ1) is 14.8. The summed E-state index contributed by atoms with van der Waals surface area (Å²) in [7, 11) is 0. The fourth-order valence-corrected chi connectivity index (χ4v) is 3.02. The number of rotatable bonds is 3. The molecule has 1 aliphatic carbocycles. The van der Waals surface area contributed by atoms with E-state index < -0.39 is 6.10 Å². The lowest BCUT2D eigenvalue weighted by atomic mass is 9.64. The van der Waals surface area contributed by atoms with Gasteiger partial charge >= 0.3 is 0 Å². The van der Waals surface area contributed by atoms with Gasteiger partial charge in [0.15, 0.2) is 5.78 Å². The van der Waals surface area contributed by atoms with Crippen LogP contribution in [-0.4, -0.2) is 33.9 Å². The Balaban J connectivity index is 1.97. The first-order chi connectivity index (χ1) is 10.3. The van der Waals surface area contributed by atoms with Gasteiger partial charge in [-0.25, -0.2) is 0 Å². The van der Waals surface area contributed by atoms with Gasteiger partial charge in [-0.3, -0.25) is 9.59 Å². The van der Waals surface area contributed by atoms with E-state index in [0.717, 1.165) is 10.9 Å². The average molecular weight is 300 g/mol. The molecule has 1 fully saturated rings. The number of para-hydroxylation sites is 1. The summed E-state index contributed by atoms with van der Waals surface area (Å²) >= 11 is 0. The van der Waals surface area contributed by atoms with Crippen LogP contribution in [0.4, 0.5) is 0 Å². The van der Waals surface area contributed by atoms with Crippen LogP contribution >= 0.6 is 0 Å². The van der Waals surface area contributed by atoms with Gasteiger partial charge in [0.2, 0.25) is 0 Å². The van der Waals surface area contributed by atoms with Crippen LogP contribution in [0.3, 0.4) is 0 Å². The molecule has 2 unspecified atom stereocenters. The highest BCUT2D eigenvalue weighted by molar-refractivity contribution is 6.15. The maximum absolute atomic E-state index is 12.7. The second-order valence-electron chi connectivity index (χ2n) is 6.58. The number of hydrogen-bond donors (Lipinski definition) is 3. The number of ketones is 1. The molecule has 2 aromatic rings. The zero-order valence-corrected chi connectivity index (χ0v) is 12.9. The Morgan fingerprint density at radius 2 is 2.00 bits per heavy atom. The van der Waals surface area contributed by atoms with Crippen molar-refractivity contribution in [2.45, 2.75) is 39.3 Å². The number of carbonyl (C=O) groups is 2. The molecule has 1 aromatic carbocycles. The molecule has 0 aliphatic heterocycles. The van der Waals surface area contributed by atoms with Gasteiger partial charge in [0.05, 0.1) is 17.4 Å². The summed E-state index contributed by atoms with van der Waals surface area (Å²) < 4.78 is 0. The van der Waals surface area contributed by atoms with Crippen LogP contribution in [0.5, 0.6) is 0 Å². The topological polar surface area (TPSA) is 82.2 Å². The van der Waals surface area contributed by atoms with Crippen molar-refractivity contribution in [1.29, 1.82) is 0 Å². The maximum atomic E-state index is 12.7. The summed E-state index contributed by atoms with van der Waals surface area (Å²) in [4.78, 5) is 27.5. The SMILES string of the molecule is CC(=O)c1[nH]c2ccccc2c1C(=O)NC1CC(O)C1(C)C. The number of aromatic amines is 1. The number of benzene rings is 1. The van der Waals surface area contributed by atoms with Gasteiger partial charge < -0.3 is 15.4 Å². The van der Waals surface area contributed by atoms with E-state index >= 15 is 0 Å². The van der Waals surface area contributed by atoms with E-state index in [-0.39, 0.29) is 23.1 Å². The van der Waals surface area contributed by atoms with E-state index in [4.69, 9.17) is 0 Å². The second-order valence-corrected chi connectivity index (χ2v) is 6.58. The number of nitrogens with one attached hydrogen (secondary N) is 2. The van der Waals surface area contributed by atoms with Gasteiger partial charge in [-0.1, -0.05) is 32.0 Å². The van der Waals surface area contributed by atoms with Crippen molar-refractivity contribution in [3.63, 3.8) is 0 Å². The standard InChI is InChI=1S/C17H20N2O3/c1-9(20)15-14(10-6-4-5-7-11(10)18-15)16(22)19-12-8-13(21)17(12,2)3/h4-7,12-13,18,21H,8H2,1-3H3,(H,19,22). The highest BCUT2D eigenvalue weighted by Gasteiger charge is 2.48. The number of fused-ring (bicyclic) bond motifs is 1. The molecule has 1 aliphatic rings. The van der Waals surface area contributed by atoms with E-state index in [0.29, 0.717) is 17.7 Å². The molecule has 1 heterocycles. The summed E-state index contributed by atoms with van der Waals surface area (Å²) in [5, 5.41) is 13.5. The summed E-state index contributed by atoms with van der Waals surface area (Å²) in [5.41, 5.74) is 1.14. The third-order valence-corrected chi connectivity index (χ3v) is 4.81. The molecule has 1 amide bonds. The van der Waals surface area contributed by atoms with Crippen LogP contribution < -0.4 is 5.32 Å². The number of hydrogen-bond acceptors (Lipinski definition) is 3. The zero-order chi connectivity index (χ0) is 16.1. The minimum absolute atomic E-state index is 0.0940. The van der Waals surface area contributed by atoms with Crippen LogP contribution in [0, 0.1) is 5.41 Å². The van der Waals surface area contributed by atoms with Crippen LogP contribution in [0.15, 0.2) is 24.3 Å². The Bertz CT molecular complexity index is 760. The Hall–Kier alpha value is -2.14. The van der Waals surface area contributed by atoms with Crippen molar-refractivity contribution >= 4 is 22.6 Å². The van der Waals surface area contributed by atoms with Gasteiger partial charge in [0, 0.05) is 29.3 Å². The Kier molecular flexibility index (Phi) is 3.33. The number of amides is 1. The first-order valence-electron chi connectivity index (χ1n) is 7.43. The molecule has 0 radical (unpaired) electrons. The minimum Gasteiger partial charge on any atom is -0.392 e. The third kappa shape index (κ3) is 2.13. The number of aliphatic hydroxyl groups excluding tert-OH is 1. The van der Waals surface area contributed by atoms with Crippen molar-refractivity contribution in [1.82, 2.24) is 10.3 Å². The summed E-state index contributed by atoms with van der Waals surface area (Å²) in [6.07, 6.45) is 0.129. The molecule has 116 valence electrons. The third-order valence-electron chi connectivity index (χ3n) is 4.81. The van der Waals surface area contributed by atoms with Crippen LogP contribution in [0.1, 0.15) is 48.0 Å². The molecule has 0 saturated heterocycles. The van der Waals surface area contributed by atoms with E-state index in [2.05, 4.69) is 10.3 Å². The minimum atomic E-state index is -0.409. The molecular formula is C17H20N2O3. The van der Waals surface area contributed by atoms with Crippen molar-refractivity contribution in [3.8, 4) is 0 Å². The number of H-pyrrole nitrogens is 1. The van der Waals surface area contributed by atoms with Gasteiger partial charge in [-0.15, -0.1) is 0 Å². The maximum Gasteiger partial charge on any atom is 0.254 e. The van der Waals surface area contributed by atoms with Crippen LogP contribution in [0.2, 0.25) is 0 Å². The summed E-state index contributed by atoms with van der Waals surface area (Å²) in [6.45, 7) is 5.29. The molecule has 3 N–H and O–H groups in total. The zero-order valence-electron chi connectivity index (χ0n) is 12.9. The molecule has 1 aromatic heterocycles. The lowest BCUT2D eigenvalue weighted by Crippen LogP contribution is -2.61. The quantitative estimate of drug-likeness (QED) is 0.760. The van der Waals surface area contributed by atoms with Crippen molar-refractivity contribution in [2.75, 3.05) is 0 Å². The van der Waals surface area contributed by atoms with E-state index in [1.54, 1.807) is 0 Å². The number of Topliss-reactive ketones (excluding diaryl/α,β-unsaturated/α-hetero) is 1. The normalized spacial score (nSPS) is 23.1. The Morgan fingerprint density at radius 1 is 1.32 bits per heavy atom. The monoisotopic (exact) mass is 300 g/mol. The molecule has 3 rings (SSSR count). The molecule has 2 atom stereocenters. The van der Waals surface area contributed by atoms with E-state index in [1.165, 1.54) is 6.92 Å². The van der Waals surface area contributed by atoms with E-state index in [9.17, 15) is 14.7 Å². The predicted octanol–water partition coefficient (Wildman–Crippen LogP) is 2.26. The molecular weight excluding hydrogens is 280 g/mol. The molecule has 0 bridgehead atoms. The Morgan fingerprint density at radius 3 is 2.59 bits per heavy atom. The molecule has 5 heteroatoms. The first-order valence-corrected chi connectivity index (χ1v) is 7.43. The molecule has 0 spiro atoms. The summed E-state index contributed by atoms with van der Waals surface area (Å²) in [5.74, 6) is -0.443. The van der Waals surface area contributed by atoms with Crippen LogP contribution in [-0.2, 0) is 0 Å². The van der Waals surface area contributed by atoms with Crippen molar-refractivity contribution in [3.05, 3.63) is 35.5 Å². The fraction of sp³-hybridized carbons (Fsp3) is 0.412. The smallest absolute Gasteiger partial charge is 0.254 e. The molecule has 1 saturated carbocycles. The average Bonchev–Trinajstić information content (AvgIpc) is 2.86. The van der Waals surface area contributed by atoms with Crippen molar-refractivity contribution in [2.24, 2.45) is 5.41 Å². The number of aromatic nitrogens is 1. The Labute approximate surface area is 128 Å². The van der Waals surface area contributed by atoms with Gasteiger partial charge in [-0.05, 0) is 12.5 Å². The van der Waals surface area contributed by atoms with Gasteiger partial charge in [0.1, 0.15) is 0 Å². The highest BCUT2D eigenvalue weighted by atomic mass is 16.3. The largest absolute Gasteiger partial charge is 0.392 e. The predicted molar refractivity (Wildman–Crippen MR) is 84.0 cm³/mol. The van der Waals surface area contributed by atoms with Gasteiger partial charge in [-0.2, -0.15) is 0 Å². The van der Waals surface area contributed by atoms with Gasteiger partial charge in [0.25, 0.3) is 5.91 Å². The summed E-state index contributed by atoms with van der Waals surface area (Å²) in [6, 6.07) is 7.27. The van der Waals surface area contributed by atoms with Crippen molar-refractivity contribution < 1.29 is 14.7 Å². The lowest BCUT2D eigenvalue weighted by Gasteiger charge is -2.49.